The van der Waals surface area contributed by atoms with Gasteiger partial charge in [0.2, 0.25) is 5.91 Å². The number of amides is 1. The minimum absolute atomic E-state index is 0.0924. The Morgan fingerprint density at radius 1 is 1.50 bits per heavy atom. The highest BCUT2D eigenvalue weighted by Gasteiger charge is 2.27. The van der Waals surface area contributed by atoms with Crippen LogP contribution in [-0.4, -0.2) is 23.9 Å². The summed E-state index contributed by atoms with van der Waals surface area (Å²) in [6.07, 6.45) is 3.89. The quantitative estimate of drug-likeness (QED) is 0.893. The van der Waals surface area contributed by atoms with Crippen molar-refractivity contribution in [2.75, 3.05) is 7.05 Å². The van der Waals surface area contributed by atoms with Crippen LogP contribution in [0.5, 0.6) is 0 Å². The zero-order valence-electron chi connectivity index (χ0n) is 11.2. The van der Waals surface area contributed by atoms with E-state index in [1.54, 1.807) is 4.90 Å². The Bertz CT molecular complexity index is 414. The van der Waals surface area contributed by atoms with Crippen LogP contribution in [0.1, 0.15) is 37.2 Å². The summed E-state index contributed by atoms with van der Waals surface area (Å²) < 4.78 is 5.49. The third-order valence-corrected chi connectivity index (χ3v) is 3.63. The van der Waals surface area contributed by atoms with Gasteiger partial charge in [0.1, 0.15) is 11.5 Å². The first kappa shape index (κ1) is 13.1. The molecule has 1 heterocycles. The van der Waals surface area contributed by atoms with E-state index in [1.165, 1.54) is 0 Å². The van der Waals surface area contributed by atoms with Gasteiger partial charge in [0.15, 0.2) is 0 Å². The van der Waals surface area contributed by atoms with Gasteiger partial charge >= 0.3 is 0 Å². The van der Waals surface area contributed by atoms with Crippen molar-refractivity contribution < 1.29 is 9.21 Å². The molecule has 0 aliphatic heterocycles. The Morgan fingerprint density at radius 2 is 2.28 bits per heavy atom. The van der Waals surface area contributed by atoms with Gasteiger partial charge in [-0.1, -0.05) is 6.42 Å². The van der Waals surface area contributed by atoms with Crippen LogP contribution < -0.4 is 5.73 Å². The molecule has 2 atom stereocenters. The summed E-state index contributed by atoms with van der Waals surface area (Å²) in [5, 5.41) is 0. The molecule has 1 fully saturated rings. The maximum Gasteiger partial charge on any atom is 0.225 e. The monoisotopic (exact) mass is 250 g/mol. The lowest BCUT2D eigenvalue weighted by Crippen LogP contribution is -2.38. The molecule has 1 aliphatic rings. The zero-order valence-corrected chi connectivity index (χ0v) is 11.2. The minimum atomic E-state index is 0.0924. The SMILES string of the molecule is Cc1ccc(CN(C)C(=O)C2CCCC(N)C2)o1. The summed E-state index contributed by atoms with van der Waals surface area (Å²) in [6.45, 7) is 2.45. The molecular formula is C14H22N2O2. The molecule has 2 N–H and O–H groups in total. The van der Waals surface area contributed by atoms with E-state index in [2.05, 4.69) is 0 Å². The van der Waals surface area contributed by atoms with E-state index in [9.17, 15) is 4.79 Å². The number of carbonyl (C=O) groups excluding carboxylic acids is 1. The number of rotatable bonds is 3. The topological polar surface area (TPSA) is 59.5 Å². The minimum Gasteiger partial charge on any atom is -0.464 e. The average Bonchev–Trinajstić information content (AvgIpc) is 2.73. The molecule has 4 nitrogen and oxygen atoms in total. The highest BCUT2D eigenvalue weighted by Crippen LogP contribution is 2.25. The van der Waals surface area contributed by atoms with Crippen molar-refractivity contribution in [3.05, 3.63) is 23.7 Å². The third kappa shape index (κ3) is 3.13. The lowest BCUT2D eigenvalue weighted by atomic mass is 9.85. The van der Waals surface area contributed by atoms with Crippen LogP contribution in [0, 0.1) is 12.8 Å². The largest absolute Gasteiger partial charge is 0.464 e. The Labute approximate surface area is 108 Å². The lowest BCUT2D eigenvalue weighted by molar-refractivity contribution is -0.136. The summed E-state index contributed by atoms with van der Waals surface area (Å²) >= 11 is 0. The van der Waals surface area contributed by atoms with Crippen molar-refractivity contribution in [3.8, 4) is 0 Å². The molecule has 1 amide bonds. The van der Waals surface area contributed by atoms with Crippen LogP contribution in [-0.2, 0) is 11.3 Å². The Balaban J connectivity index is 1.91. The average molecular weight is 250 g/mol. The molecule has 18 heavy (non-hydrogen) atoms. The van der Waals surface area contributed by atoms with Crippen molar-refractivity contribution in [2.45, 2.75) is 45.2 Å². The van der Waals surface area contributed by atoms with Gasteiger partial charge in [0.05, 0.1) is 6.54 Å². The highest BCUT2D eigenvalue weighted by molar-refractivity contribution is 5.78. The van der Waals surface area contributed by atoms with E-state index in [0.29, 0.717) is 6.54 Å². The molecule has 0 radical (unpaired) electrons. The number of aryl methyl sites for hydroxylation is 1. The summed E-state index contributed by atoms with van der Waals surface area (Å²) in [5.41, 5.74) is 5.93. The molecule has 2 unspecified atom stereocenters. The van der Waals surface area contributed by atoms with Crippen molar-refractivity contribution in [1.82, 2.24) is 4.90 Å². The van der Waals surface area contributed by atoms with Crippen LogP contribution >= 0.6 is 0 Å². The third-order valence-electron chi connectivity index (χ3n) is 3.63. The van der Waals surface area contributed by atoms with Gasteiger partial charge in [-0.2, -0.15) is 0 Å². The number of hydrogen-bond donors (Lipinski definition) is 1. The Kier molecular flexibility index (Phi) is 4.07. The molecule has 0 aromatic carbocycles. The summed E-state index contributed by atoms with van der Waals surface area (Å²) in [4.78, 5) is 14.0. The van der Waals surface area contributed by atoms with Gasteiger partial charge in [0.25, 0.3) is 0 Å². The van der Waals surface area contributed by atoms with Crippen LogP contribution in [0.2, 0.25) is 0 Å². The number of carbonyl (C=O) groups is 1. The predicted octanol–water partition coefficient (Wildman–Crippen LogP) is 2.06. The second kappa shape index (κ2) is 5.57. The van der Waals surface area contributed by atoms with Crippen LogP contribution in [0.15, 0.2) is 16.5 Å². The highest BCUT2D eigenvalue weighted by atomic mass is 16.3. The van der Waals surface area contributed by atoms with Crippen LogP contribution in [0.25, 0.3) is 0 Å². The number of furan rings is 1. The van der Waals surface area contributed by atoms with Gasteiger partial charge in [-0.3, -0.25) is 4.79 Å². The van der Waals surface area contributed by atoms with Crippen molar-refractivity contribution in [3.63, 3.8) is 0 Å². The summed E-state index contributed by atoms with van der Waals surface area (Å²) in [5.74, 6) is 2.00. The first-order valence-electron chi connectivity index (χ1n) is 6.62. The summed E-state index contributed by atoms with van der Waals surface area (Å²) in [6, 6.07) is 4.03. The maximum absolute atomic E-state index is 12.3. The normalized spacial score (nSPS) is 23.9. The van der Waals surface area contributed by atoms with E-state index in [1.807, 2.05) is 26.1 Å². The molecule has 1 aliphatic carbocycles. The number of nitrogens with two attached hydrogens (primary N) is 1. The fourth-order valence-electron chi connectivity index (χ4n) is 2.65. The number of hydrogen-bond acceptors (Lipinski definition) is 3. The van der Waals surface area contributed by atoms with E-state index < -0.39 is 0 Å². The fourth-order valence-corrected chi connectivity index (χ4v) is 2.65. The van der Waals surface area contributed by atoms with Gasteiger partial charge < -0.3 is 15.1 Å². The Morgan fingerprint density at radius 3 is 2.89 bits per heavy atom. The standard InChI is InChI=1S/C14H22N2O2/c1-10-6-7-13(18-10)9-16(2)14(17)11-4-3-5-12(15)8-11/h6-7,11-12H,3-5,8-9,15H2,1-2H3. The second-order valence-electron chi connectivity index (χ2n) is 5.33. The molecule has 1 saturated carbocycles. The van der Waals surface area contributed by atoms with Gasteiger partial charge in [-0.05, 0) is 38.3 Å². The molecule has 1 aromatic rings. The molecular weight excluding hydrogens is 228 g/mol. The molecule has 0 saturated heterocycles. The predicted molar refractivity (Wildman–Crippen MR) is 69.9 cm³/mol. The Hall–Kier alpha value is -1.29. The van der Waals surface area contributed by atoms with Crippen LogP contribution in [0.3, 0.4) is 0 Å². The maximum atomic E-state index is 12.3. The molecule has 0 bridgehead atoms. The van der Waals surface area contributed by atoms with Gasteiger partial charge in [0, 0.05) is 19.0 Å². The van der Waals surface area contributed by atoms with Gasteiger partial charge in [-0.15, -0.1) is 0 Å². The zero-order chi connectivity index (χ0) is 13.1. The smallest absolute Gasteiger partial charge is 0.225 e. The number of nitrogens with zero attached hydrogens (tertiary/aromatic N) is 1. The van der Waals surface area contributed by atoms with E-state index in [4.69, 9.17) is 10.2 Å². The van der Waals surface area contributed by atoms with E-state index in [-0.39, 0.29) is 17.9 Å². The molecule has 1 aromatic heterocycles. The first-order valence-corrected chi connectivity index (χ1v) is 6.62. The summed E-state index contributed by atoms with van der Waals surface area (Å²) in [7, 11) is 1.83. The van der Waals surface area contributed by atoms with Crippen molar-refractivity contribution >= 4 is 5.91 Å². The molecule has 0 spiro atoms. The van der Waals surface area contributed by atoms with Gasteiger partial charge in [-0.25, -0.2) is 0 Å². The van der Waals surface area contributed by atoms with E-state index >= 15 is 0 Å². The van der Waals surface area contributed by atoms with Crippen molar-refractivity contribution in [2.24, 2.45) is 11.7 Å². The van der Waals surface area contributed by atoms with E-state index in [0.717, 1.165) is 37.2 Å². The van der Waals surface area contributed by atoms with Crippen molar-refractivity contribution in [1.29, 1.82) is 0 Å². The molecule has 4 heteroatoms. The second-order valence-corrected chi connectivity index (χ2v) is 5.33. The fraction of sp³-hybridized carbons (Fsp3) is 0.643. The first-order chi connectivity index (χ1) is 8.56. The molecule has 100 valence electrons. The molecule has 2 rings (SSSR count). The van der Waals surface area contributed by atoms with Crippen LogP contribution in [0.4, 0.5) is 0 Å². The lowest BCUT2D eigenvalue weighted by Gasteiger charge is -2.29.